The average molecular weight is 467 g/mol. The standard InChI is InChI=1S/C21H20Cl2N2O6/c22-15-8-12(25-20(28)21(29)30)9-16(23)18(15)31-13-6-7-17(26)14(10-13)19(27)24-11-4-2-1-3-5-11/h6-11,26H,1-5H2,(H,24,27)(H,25,28)(H,29,30). The van der Waals surface area contributed by atoms with Crippen LogP contribution in [0.25, 0.3) is 0 Å². The molecule has 2 aromatic rings. The average Bonchev–Trinajstić information content (AvgIpc) is 2.72. The summed E-state index contributed by atoms with van der Waals surface area (Å²) in [6.45, 7) is 0. The van der Waals surface area contributed by atoms with E-state index in [9.17, 15) is 19.5 Å². The van der Waals surface area contributed by atoms with Gasteiger partial charge >= 0.3 is 11.9 Å². The molecule has 3 rings (SSSR count). The first-order valence-corrected chi connectivity index (χ1v) is 10.3. The number of carboxylic acids is 1. The third-order valence-electron chi connectivity index (χ3n) is 4.82. The number of hydrogen-bond donors (Lipinski definition) is 4. The van der Waals surface area contributed by atoms with Gasteiger partial charge in [-0.1, -0.05) is 42.5 Å². The molecule has 2 amide bonds. The number of halogens is 2. The minimum Gasteiger partial charge on any atom is -0.507 e. The van der Waals surface area contributed by atoms with Crippen molar-refractivity contribution >= 4 is 46.7 Å². The Morgan fingerprint density at radius 3 is 2.26 bits per heavy atom. The van der Waals surface area contributed by atoms with Gasteiger partial charge in [0.05, 0.1) is 15.6 Å². The Bertz CT molecular complexity index is 998. The molecule has 1 fully saturated rings. The highest BCUT2D eigenvalue weighted by Crippen LogP contribution is 2.39. The van der Waals surface area contributed by atoms with Gasteiger partial charge < -0.3 is 25.6 Å². The van der Waals surface area contributed by atoms with E-state index in [4.69, 9.17) is 33.0 Å². The van der Waals surface area contributed by atoms with Gasteiger partial charge in [-0.15, -0.1) is 0 Å². The van der Waals surface area contributed by atoms with E-state index in [2.05, 4.69) is 10.6 Å². The summed E-state index contributed by atoms with van der Waals surface area (Å²) in [6, 6.07) is 6.78. The highest BCUT2D eigenvalue weighted by atomic mass is 35.5. The molecular formula is C21H20Cl2N2O6. The fourth-order valence-electron chi connectivity index (χ4n) is 3.30. The van der Waals surface area contributed by atoms with Crippen LogP contribution in [0.1, 0.15) is 42.5 Å². The van der Waals surface area contributed by atoms with E-state index in [1.54, 1.807) is 0 Å². The van der Waals surface area contributed by atoms with Crippen LogP contribution in [0, 0.1) is 0 Å². The first-order valence-electron chi connectivity index (χ1n) is 9.59. The van der Waals surface area contributed by atoms with E-state index in [0.717, 1.165) is 32.1 Å². The molecule has 0 bridgehead atoms. The highest BCUT2D eigenvalue weighted by Gasteiger charge is 2.20. The molecule has 8 nitrogen and oxygen atoms in total. The molecule has 0 atom stereocenters. The van der Waals surface area contributed by atoms with Crippen molar-refractivity contribution in [3.05, 3.63) is 45.9 Å². The second kappa shape index (κ2) is 9.89. The molecule has 10 heteroatoms. The Labute approximate surface area is 188 Å². The molecule has 0 unspecified atom stereocenters. The number of phenolic OH excluding ortho intramolecular Hbond substituents is 1. The Hall–Kier alpha value is -2.97. The van der Waals surface area contributed by atoms with Crippen molar-refractivity contribution in [2.24, 2.45) is 0 Å². The summed E-state index contributed by atoms with van der Waals surface area (Å²) >= 11 is 12.3. The third kappa shape index (κ3) is 5.80. The van der Waals surface area contributed by atoms with Crippen molar-refractivity contribution in [2.45, 2.75) is 38.1 Å². The van der Waals surface area contributed by atoms with Gasteiger partial charge in [-0.05, 0) is 43.2 Å². The number of aliphatic carboxylic acids is 1. The smallest absolute Gasteiger partial charge is 0.394 e. The number of amides is 2. The number of nitrogens with one attached hydrogen (secondary N) is 2. The van der Waals surface area contributed by atoms with Crippen LogP contribution in [0.4, 0.5) is 5.69 Å². The van der Waals surface area contributed by atoms with Crippen LogP contribution in [0.15, 0.2) is 30.3 Å². The van der Waals surface area contributed by atoms with Crippen molar-refractivity contribution in [1.82, 2.24) is 5.32 Å². The normalized spacial score (nSPS) is 14.0. The van der Waals surface area contributed by atoms with Gasteiger partial charge in [0.2, 0.25) is 0 Å². The molecule has 164 valence electrons. The Morgan fingerprint density at radius 1 is 1.00 bits per heavy atom. The second-order valence-corrected chi connectivity index (χ2v) is 7.93. The van der Waals surface area contributed by atoms with Gasteiger partial charge in [0.15, 0.2) is 5.75 Å². The quantitative estimate of drug-likeness (QED) is 0.478. The molecule has 2 aromatic carbocycles. The molecular weight excluding hydrogens is 447 g/mol. The van der Waals surface area contributed by atoms with E-state index in [1.165, 1.54) is 30.3 Å². The summed E-state index contributed by atoms with van der Waals surface area (Å²) in [5.74, 6) is -3.24. The topological polar surface area (TPSA) is 125 Å². The summed E-state index contributed by atoms with van der Waals surface area (Å²) in [6.07, 6.45) is 5.07. The molecule has 1 aliphatic carbocycles. The molecule has 1 saturated carbocycles. The summed E-state index contributed by atoms with van der Waals surface area (Å²) in [5, 5.41) is 23.9. The van der Waals surface area contributed by atoms with Crippen LogP contribution < -0.4 is 15.4 Å². The molecule has 0 heterocycles. The fourth-order valence-corrected chi connectivity index (χ4v) is 3.87. The maximum atomic E-state index is 12.6. The maximum Gasteiger partial charge on any atom is 0.394 e. The molecule has 0 aliphatic heterocycles. The molecule has 0 spiro atoms. The SMILES string of the molecule is O=C(O)C(=O)Nc1cc(Cl)c(Oc2ccc(O)c(C(=O)NC3CCCCC3)c2)c(Cl)c1. The molecule has 0 saturated heterocycles. The summed E-state index contributed by atoms with van der Waals surface area (Å²) < 4.78 is 5.70. The van der Waals surface area contributed by atoms with Gasteiger partial charge in [-0.2, -0.15) is 0 Å². The van der Waals surface area contributed by atoms with Crippen LogP contribution in [0.2, 0.25) is 10.0 Å². The largest absolute Gasteiger partial charge is 0.507 e. The fraction of sp³-hybridized carbons (Fsp3) is 0.286. The highest BCUT2D eigenvalue weighted by molar-refractivity contribution is 6.39. The predicted octanol–water partition coefficient (Wildman–Crippen LogP) is 4.58. The van der Waals surface area contributed by atoms with E-state index in [0.29, 0.717) is 0 Å². The van der Waals surface area contributed by atoms with Crippen LogP contribution in [0.5, 0.6) is 17.2 Å². The van der Waals surface area contributed by atoms with Crippen LogP contribution >= 0.6 is 23.2 Å². The van der Waals surface area contributed by atoms with Crippen molar-refractivity contribution in [3.8, 4) is 17.2 Å². The first-order chi connectivity index (χ1) is 14.7. The number of anilines is 1. The molecule has 1 aliphatic rings. The van der Waals surface area contributed by atoms with E-state index in [-0.39, 0.29) is 44.6 Å². The second-order valence-electron chi connectivity index (χ2n) is 7.12. The van der Waals surface area contributed by atoms with Crippen molar-refractivity contribution in [3.63, 3.8) is 0 Å². The molecule has 4 N–H and O–H groups in total. The van der Waals surface area contributed by atoms with Gasteiger partial charge in [0.1, 0.15) is 11.5 Å². The molecule has 31 heavy (non-hydrogen) atoms. The zero-order valence-corrected chi connectivity index (χ0v) is 17.8. The van der Waals surface area contributed by atoms with Crippen LogP contribution in [-0.2, 0) is 9.59 Å². The lowest BCUT2D eigenvalue weighted by Gasteiger charge is -2.23. The number of carbonyl (C=O) groups is 3. The minimum absolute atomic E-state index is 0.00877. The number of benzene rings is 2. The first kappa shape index (κ1) is 22.7. The minimum atomic E-state index is -1.66. The van der Waals surface area contributed by atoms with Crippen molar-refractivity contribution in [1.29, 1.82) is 0 Å². The number of hydrogen-bond acceptors (Lipinski definition) is 5. The zero-order valence-electron chi connectivity index (χ0n) is 16.3. The third-order valence-corrected chi connectivity index (χ3v) is 5.38. The Balaban J connectivity index is 1.78. The number of carboxylic acid groups (broad SMARTS) is 1. The Morgan fingerprint density at radius 2 is 1.65 bits per heavy atom. The number of ether oxygens (including phenoxy) is 1. The maximum absolute atomic E-state index is 12.6. The number of aromatic hydroxyl groups is 1. The van der Waals surface area contributed by atoms with Crippen LogP contribution in [0.3, 0.4) is 0 Å². The molecule has 0 radical (unpaired) electrons. The summed E-state index contributed by atoms with van der Waals surface area (Å²) in [7, 11) is 0. The van der Waals surface area contributed by atoms with E-state index in [1.807, 2.05) is 0 Å². The Kier molecular flexibility index (Phi) is 7.25. The predicted molar refractivity (Wildman–Crippen MR) is 115 cm³/mol. The van der Waals surface area contributed by atoms with Gasteiger partial charge in [-0.3, -0.25) is 9.59 Å². The zero-order chi connectivity index (χ0) is 22.5. The summed E-state index contributed by atoms with van der Waals surface area (Å²) in [4.78, 5) is 34.6. The van der Waals surface area contributed by atoms with Crippen molar-refractivity contribution in [2.75, 3.05) is 5.32 Å². The number of carbonyl (C=O) groups excluding carboxylic acids is 2. The molecule has 0 aromatic heterocycles. The van der Waals surface area contributed by atoms with Crippen LogP contribution in [-0.4, -0.2) is 34.0 Å². The van der Waals surface area contributed by atoms with Gasteiger partial charge in [0.25, 0.3) is 5.91 Å². The summed E-state index contributed by atoms with van der Waals surface area (Å²) in [5.41, 5.74) is 0.133. The van der Waals surface area contributed by atoms with Gasteiger partial charge in [0, 0.05) is 11.7 Å². The van der Waals surface area contributed by atoms with Gasteiger partial charge in [-0.25, -0.2) is 4.79 Å². The van der Waals surface area contributed by atoms with Crippen molar-refractivity contribution < 1.29 is 29.3 Å². The lowest BCUT2D eigenvalue weighted by molar-refractivity contribution is -0.147. The lowest BCUT2D eigenvalue weighted by Crippen LogP contribution is -2.36. The lowest BCUT2D eigenvalue weighted by atomic mass is 9.95. The number of rotatable bonds is 5. The van der Waals surface area contributed by atoms with E-state index >= 15 is 0 Å². The monoisotopic (exact) mass is 466 g/mol. The van der Waals surface area contributed by atoms with E-state index < -0.39 is 17.8 Å². The number of phenols is 1.